The molecule has 1 aromatic heterocycles. The molecule has 6 nitrogen and oxygen atoms in total. The van der Waals surface area contributed by atoms with Crippen LogP contribution in [0.5, 0.6) is 0 Å². The number of amides is 2. The third-order valence-electron chi connectivity index (χ3n) is 4.05. The van der Waals surface area contributed by atoms with Crippen LogP contribution in [0.25, 0.3) is 0 Å². The first kappa shape index (κ1) is 20.8. The molecular formula is C22H21BrN2O4. The normalized spacial score (nSPS) is 10.5. The number of carbonyl (C=O) groups excluding carboxylic acids is 2. The number of anilines is 1. The molecule has 150 valence electrons. The van der Waals surface area contributed by atoms with Gasteiger partial charge in [0.25, 0.3) is 5.91 Å². The Morgan fingerprint density at radius 1 is 1.00 bits per heavy atom. The lowest BCUT2D eigenvalue weighted by Gasteiger charge is -2.09. The molecule has 0 saturated carbocycles. The summed E-state index contributed by atoms with van der Waals surface area (Å²) in [6.45, 7) is 1.06. The number of ether oxygens (including phenoxy) is 1. The summed E-state index contributed by atoms with van der Waals surface area (Å²) in [5.41, 5.74) is 2.18. The molecule has 29 heavy (non-hydrogen) atoms. The molecule has 0 aliphatic carbocycles. The van der Waals surface area contributed by atoms with E-state index in [4.69, 9.17) is 9.15 Å². The molecule has 0 saturated heterocycles. The quantitative estimate of drug-likeness (QED) is 0.495. The molecule has 0 fully saturated rings. The van der Waals surface area contributed by atoms with Gasteiger partial charge in [0.05, 0.1) is 12.9 Å². The minimum Gasteiger partial charge on any atom is -0.467 e. The van der Waals surface area contributed by atoms with Gasteiger partial charge in [0.1, 0.15) is 12.4 Å². The molecule has 0 radical (unpaired) electrons. The van der Waals surface area contributed by atoms with Gasteiger partial charge in [-0.3, -0.25) is 9.59 Å². The van der Waals surface area contributed by atoms with Crippen molar-refractivity contribution >= 4 is 33.4 Å². The molecule has 7 heteroatoms. The molecule has 2 amide bonds. The Bertz CT molecular complexity index is 940. The van der Waals surface area contributed by atoms with Crippen LogP contribution < -0.4 is 10.6 Å². The average Bonchev–Trinajstić information content (AvgIpc) is 3.22. The van der Waals surface area contributed by atoms with Crippen LogP contribution in [0.3, 0.4) is 0 Å². The van der Waals surface area contributed by atoms with Gasteiger partial charge in [-0.1, -0.05) is 28.1 Å². The average molecular weight is 457 g/mol. The first-order valence-corrected chi connectivity index (χ1v) is 9.92. The van der Waals surface area contributed by atoms with Gasteiger partial charge < -0.3 is 19.8 Å². The minimum absolute atomic E-state index is 0.172. The summed E-state index contributed by atoms with van der Waals surface area (Å²) < 4.78 is 11.7. The van der Waals surface area contributed by atoms with Crippen LogP contribution in [0.1, 0.15) is 28.1 Å². The van der Waals surface area contributed by atoms with E-state index in [1.165, 1.54) is 0 Å². The Balaban J connectivity index is 1.40. The molecule has 0 unspecified atom stereocenters. The highest BCUT2D eigenvalue weighted by Crippen LogP contribution is 2.13. The molecule has 0 aliphatic heterocycles. The summed E-state index contributed by atoms with van der Waals surface area (Å²) in [5.74, 6) is 0.385. The number of rotatable bonds is 9. The maximum Gasteiger partial charge on any atom is 0.251 e. The van der Waals surface area contributed by atoms with Crippen molar-refractivity contribution in [2.24, 2.45) is 0 Å². The van der Waals surface area contributed by atoms with E-state index in [-0.39, 0.29) is 24.8 Å². The Morgan fingerprint density at radius 3 is 2.59 bits per heavy atom. The van der Waals surface area contributed by atoms with Crippen molar-refractivity contribution in [3.8, 4) is 0 Å². The number of hydrogen-bond donors (Lipinski definition) is 2. The van der Waals surface area contributed by atoms with Crippen LogP contribution >= 0.6 is 15.9 Å². The third kappa shape index (κ3) is 6.89. The highest BCUT2D eigenvalue weighted by Gasteiger charge is 2.07. The highest BCUT2D eigenvalue weighted by molar-refractivity contribution is 9.10. The van der Waals surface area contributed by atoms with Crippen molar-refractivity contribution in [2.75, 3.05) is 11.9 Å². The Hall–Kier alpha value is -2.90. The predicted molar refractivity (Wildman–Crippen MR) is 113 cm³/mol. The molecule has 2 N–H and O–H groups in total. The van der Waals surface area contributed by atoms with E-state index >= 15 is 0 Å². The van der Waals surface area contributed by atoms with Gasteiger partial charge in [0.2, 0.25) is 5.91 Å². The second kappa shape index (κ2) is 10.6. The van der Waals surface area contributed by atoms with E-state index in [0.717, 1.165) is 15.8 Å². The van der Waals surface area contributed by atoms with Crippen molar-refractivity contribution in [3.05, 3.63) is 88.3 Å². The van der Waals surface area contributed by atoms with E-state index in [2.05, 4.69) is 26.6 Å². The van der Waals surface area contributed by atoms with Gasteiger partial charge in [-0.15, -0.1) is 0 Å². The zero-order valence-electron chi connectivity index (χ0n) is 15.7. The van der Waals surface area contributed by atoms with Gasteiger partial charge in [0.15, 0.2) is 0 Å². The molecule has 0 aliphatic rings. The zero-order chi connectivity index (χ0) is 20.5. The van der Waals surface area contributed by atoms with E-state index in [1.54, 1.807) is 30.5 Å². The van der Waals surface area contributed by atoms with Crippen LogP contribution in [0.4, 0.5) is 5.69 Å². The van der Waals surface area contributed by atoms with E-state index in [0.29, 0.717) is 24.5 Å². The summed E-state index contributed by atoms with van der Waals surface area (Å²) in [6.07, 6.45) is 1.79. The zero-order valence-corrected chi connectivity index (χ0v) is 17.3. The number of benzene rings is 2. The van der Waals surface area contributed by atoms with Gasteiger partial charge in [-0.2, -0.15) is 0 Å². The van der Waals surface area contributed by atoms with Crippen LogP contribution in [0.2, 0.25) is 0 Å². The molecule has 0 spiro atoms. The van der Waals surface area contributed by atoms with Crippen molar-refractivity contribution in [1.29, 1.82) is 0 Å². The van der Waals surface area contributed by atoms with Crippen molar-refractivity contribution in [1.82, 2.24) is 5.32 Å². The minimum atomic E-state index is -0.207. The lowest BCUT2D eigenvalue weighted by Crippen LogP contribution is -2.27. The van der Waals surface area contributed by atoms with Gasteiger partial charge >= 0.3 is 0 Å². The molecule has 2 aromatic carbocycles. The van der Waals surface area contributed by atoms with Gasteiger partial charge in [0, 0.05) is 28.7 Å². The van der Waals surface area contributed by atoms with Crippen LogP contribution in [-0.2, 0) is 22.7 Å². The summed E-state index contributed by atoms with van der Waals surface area (Å²) in [6, 6.07) is 18.2. The fraction of sp³-hybridized carbons (Fsp3) is 0.182. The van der Waals surface area contributed by atoms with Crippen LogP contribution in [-0.4, -0.2) is 18.4 Å². The number of nitrogens with one attached hydrogen (secondary N) is 2. The lowest BCUT2D eigenvalue weighted by atomic mass is 10.2. The van der Waals surface area contributed by atoms with Crippen LogP contribution in [0, 0.1) is 0 Å². The van der Waals surface area contributed by atoms with Gasteiger partial charge in [-0.05, 0) is 54.1 Å². The molecular weight excluding hydrogens is 436 g/mol. The predicted octanol–water partition coefficient (Wildman–Crippen LogP) is 4.52. The summed E-state index contributed by atoms with van der Waals surface area (Å²) >= 11 is 3.33. The Kier molecular flexibility index (Phi) is 7.61. The van der Waals surface area contributed by atoms with Gasteiger partial charge in [-0.25, -0.2) is 0 Å². The van der Waals surface area contributed by atoms with Crippen molar-refractivity contribution < 1.29 is 18.7 Å². The third-order valence-corrected chi connectivity index (χ3v) is 4.58. The standard InChI is InChI=1S/C22H21BrN2O4/c23-18-8-6-17(7-9-18)22(27)24-11-10-21(26)25-19-4-1-3-16(13-19)14-28-15-20-5-2-12-29-20/h1-9,12-13H,10-11,14-15H2,(H,24,27)(H,25,26). The topological polar surface area (TPSA) is 80.6 Å². The fourth-order valence-electron chi connectivity index (χ4n) is 2.62. The maximum atomic E-state index is 12.1. The van der Waals surface area contributed by atoms with E-state index < -0.39 is 0 Å². The maximum absolute atomic E-state index is 12.1. The molecule has 1 heterocycles. The highest BCUT2D eigenvalue weighted by atomic mass is 79.9. The molecule has 3 rings (SSSR count). The first-order valence-electron chi connectivity index (χ1n) is 9.13. The van der Waals surface area contributed by atoms with Crippen molar-refractivity contribution in [3.63, 3.8) is 0 Å². The Morgan fingerprint density at radius 2 is 1.83 bits per heavy atom. The Labute approximate surface area is 177 Å². The molecule has 0 atom stereocenters. The van der Waals surface area contributed by atoms with Crippen molar-refractivity contribution in [2.45, 2.75) is 19.6 Å². The monoisotopic (exact) mass is 456 g/mol. The second-order valence-corrected chi connectivity index (χ2v) is 7.25. The van der Waals surface area contributed by atoms with E-state index in [1.807, 2.05) is 36.4 Å². The summed E-state index contributed by atoms with van der Waals surface area (Å²) in [5, 5.41) is 5.58. The number of furan rings is 1. The summed E-state index contributed by atoms with van der Waals surface area (Å²) in [7, 11) is 0. The second-order valence-electron chi connectivity index (χ2n) is 6.33. The molecule has 3 aromatic rings. The summed E-state index contributed by atoms with van der Waals surface area (Å²) in [4.78, 5) is 24.2. The van der Waals surface area contributed by atoms with E-state index in [9.17, 15) is 9.59 Å². The number of carbonyl (C=O) groups is 2. The largest absolute Gasteiger partial charge is 0.467 e. The lowest BCUT2D eigenvalue weighted by molar-refractivity contribution is -0.116. The smallest absolute Gasteiger partial charge is 0.251 e. The first-order chi connectivity index (χ1) is 14.1. The number of halogens is 1. The molecule has 0 bridgehead atoms. The fourth-order valence-corrected chi connectivity index (χ4v) is 2.88. The number of hydrogen-bond acceptors (Lipinski definition) is 4. The van der Waals surface area contributed by atoms with Crippen LogP contribution in [0.15, 0.2) is 75.8 Å². The SMILES string of the molecule is O=C(CCNC(=O)c1ccc(Br)cc1)Nc1cccc(COCc2ccco2)c1.